The molecule has 4 rings (SSSR count). The van der Waals surface area contributed by atoms with Gasteiger partial charge in [-0.25, -0.2) is 4.98 Å². The van der Waals surface area contributed by atoms with Crippen LogP contribution in [0.25, 0.3) is 22.6 Å². The molecule has 152 valence electrons. The number of amides is 1. The van der Waals surface area contributed by atoms with Gasteiger partial charge in [0.05, 0.1) is 20.6 Å². The Morgan fingerprint density at radius 2 is 1.83 bits per heavy atom. The zero-order chi connectivity index (χ0) is 21.1. The van der Waals surface area contributed by atoms with Crippen molar-refractivity contribution in [1.29, 1.82) is 0 Å². The van der Waals surface area contributed by atoms with Crippen LogP contribution in [0.3, 0.4) is 0 Å². The van der Waals surface area contributed by atoms with Crippen molar-refractivity contribution in [2.75, 3.05) is 19.5 Å². The second-order valence-corrected chi connectivity index (χ2v) is 6.99. The first-order chi connectivity index (χ1) is 14.6. The number of benzene rings is 3. The molecule has 1 N–H and O–H groups in total. The maximum atomic E-state index is 12.5. The summed E-state index contributed by atoms with van der Waals surface area (Å²) in [5.74, 6) is 1.61. The fourth-order valence-electron chi connectivity index (χ4n) is 3.27. The van der Waals surface area contributed by atoms with Crippen LogP contribution in [0.15, 0.2) is 65.1 Å². The lowest BCUT2D eigenvalue weighted by atomic mass is 10.1. The number of aryl methyl sites for hydroxylation is 1. The number of ether oxygens (including phenoxy) is 2. The second kappa shape index (κ2) is 8.29. The van der Waals surface area contributed by atoms with Gasteiger partial charge in [-0.2, -0.15) is 0 Å². The Kier molecular flexibility index (Phi) is 5.39. The number of nitrogens with zero attached hydrogens (tertiary/aromatic N) is 1. The van der Waals surface area contributed by atoms with Gasteiger partial charge in [0.1, 0.15) is 5.52 Å². The highest BCUT2D eigenvalue weighted by Gasteiger charge is 2.11. The van der Waals surface area contributed by atoms with E-state index in [4.69, 9.17) is 13.9 Å². The van der Waals surface area contributed by atoms with Crippen molar-refractivity contribution < 1.29 is 18.7 Å². The molecule has 0 aliphatic carbocycles. The Morgan fingerprint density at radius 3 is 2.63 bits per heavy atom. The Balaban J connectivity index is 1.50. The van der Waals surface area contributed by atoms with Crippen LogP contribution in [-0.2, 0) is 11.2 Å². The highest BCUT2D eigenvalue weighted by atomic mass is 16.5. The number of rotatable bonds is 6. The predicted molar refractivity (Wildman–Crippen MR) is 116 cm³/mol. The number of hydrogen-bond acceptors (Lipinski definition) is 5. The highest BCUT2D eigenvalue weighted by Crippen LogP contribution is 2.29. The first kappa shape index (κ1) is 19.5. The average Bonchev–Trinajstić information content (AvgIpc) is 3.17. The van der Waals surface area contributed by atoms with E-state index in [1.165, 1.54) is 0 Å². The fourth-order valence-corrected chi connectivity index (χ4v) is 3.27. The van der Waals surface area contributed by atoms with E-state index in [0.717, 1.165) is 27.8 Å². The van der Waals surface area contributed by atoms with E-state index >= 15 is 0 Å². The van der Waals surface area contributed by atoms with Gasteiger partial charge < -0.3 is 19.2 Å². The van der Waals surface area contributed by atoms with Crippen LogP contribution in [0, 0.1) is 6.92 Å². The fraction of sp³-hybridized carbons (Fsp3) is 0.167. The largest absolute Gasteiger partial charge is 0.493 e. The number of fused-ring (bicyclic) bond motifs is 1. The first-order valence-electron chi connectivity index (χ1n) is 9.54. The number of carbonyl (C=O) groups is 1. The third-order valence-corrected chi connectivity index (χ3v) is 4.75. The first-order valence-corrected chi connectivity index (χ1v) is 9.54. The molecule has 3 aromatic carbocycles. The summed E-state index contributed by atoms with van der Waals surface area (Å²) in [6, 6.07) is 18.8. The van der Waals surface area contributed by atoms with E-state index in [-0.39, 0.29) is 12.3 Å². The van der Waals surface area contributed by atoms with Crippen molar-refractivity contribution in [3.63, 3.8) is 0 Å². The van der Waals surface area contributed by atoms with Crippen LogP contribution < -0.4 is 14.8 Å². The minimum absolute atomic E-state index is 0.132. The smallest absolute Gasteiger partial charge is 0.228 e. The molecule has 1 amide bonds. The molecule has 6 heteroatoms. The molecule has 6 nitrogen and oxygen atoms in total. The zero-order valence-electron chi connectivity index (χ0n) is 17.1. The van der Waals surface area contributed by atoms with Gasteiger partial charge >= 0.3 is 0 Å². The predicted octanol–water partition coefficient (Wildman–Crippen LogP) is 5.00. The van der Waals surface area contributed by atoms with Crippen LogP contribution >= 0.6 is 0 Å². The number of oxazole rings is 1. The molecule has 1 heterocycles. The number of aromatic nitrogens is 1. The van der Waals surface area contributed by atoms with E-state index in [1.807, 2.05) is 55.5 Å². The van der Waals surface area contributed by atoms with Gasteiger partial charge in [0, 0.05) is 11.3 Å². The number of carbonyl (C=O) groups excluding carboxylic acids is 1. The van der Waals surface area contributed by atoms with Gasteiger partial charge in [-0.05, 0) is 60.5 Å². The lowest BCUT2D eigenvalue weighted by Crippen LogP contribution is -2.14. The van der Waals surface area contributed by atoms with Crippen LogP contribution in [-0.4, -0.2) is 25.1 Å². The molecule has 0 unspecified atom stereocenters. The molecule has 1 aromatic heterocycles. The number of nitrogens with one attached hydrogen (secondary N) is 1. The molecule has 0 spiro atoms. The van der Waals surface area contributed by atoms with Crippen molar-refractivity contribution in [3.05, 3.63) is 71.8 Å². The lowest BCUT2D eigenvalue weighted by Gasteiger charge is -2.10. The molecule has 0 aliphatic rings. The van der Waals surface area contributed by atoms with E-state index in [1.54, 1.807) is 26.4 Å². The quantitative estimate of drug-likeness (QED) is 0.491. The summed E-state index contributed by atoms with van der Waals surface area (Å²) in [4.78, 5) is 17.1. The molecule has 0 aliphatic heterocycles. The molecule has 4 aromatic rings. The van der Waals surface area contributed by atoms with E-state index < -0.39 is 0 Å². The van der Waals surface area contributed by atoms with Crippen molar-refractivity contribution >= 4 is 22.7 Å². The summed E-state index contributed by atoms with van der Waals surface area (Å²) in [5.41, 5.74) is 4.97. The van der Waals surface area contributed by atoms with Gasteiger partial charge in [0.2, 0.25) is 11.8 Å². The molecular weight excluding hydrogens is 380 g/mol. The molecule has 0 bridgehead atoms. The van der Waals surface area contributed by atoms with Gasteiger partial charge in [-0.1, -0.05) is 18.2 Å². The summed E-state index contributed by atoms with van der Waals surface area (Å²) < 4.78 is 16.4. The van der Waals surface area contributed by atoms with Crippen LogP contribution in [0.2, 0.25) is 0 Å². The minimum atomic E-state index is -0.132. The summed E-state index contributed by atoms with van der Waals surface area (Å²) in [6.45, 7) is 2.01. The van der Waals surface area contributed by atoms with Crippen molar-refractivity contribution in [1.82, 2.24) is 4.98 Å². The SMILES string of the molecule is COc1ccc(CC(=O)Nc2cccc(-c3nc4ccc(C)cc4o3)c2)cc1OC. The average molecular weight is 402 g/mol. The minimum Gasteiger partial charge on any atom is -0.493 e. The van der Waals surface area contributed by atoms with Crippen molar-refractivity contribution in [2.45, 2.75) is 13.3 Å². The molecular formula is C24H22N2O4. The molecule has 0 atom stereocenters. The van der Waals surface area contributed by atoms with Crippen LogP contribution in [0.4, 0.5) is 5.69 Å². The molecule has 0 radical (unpaired) electrons. The maximum Gasteiger partial charge on any atom is 0.228 e. The lowest BCUT2D eigenvalue weighted by molar-refractivity contribution is -0.115. The normalized spacial score (nSPS) is 10.8. The monoisotopic (exact) mass is 402 g/mol. The molecule has 0 fully saturated rings. The summed E-state index contributed by atoms with van der Waals surface area (Å²) in [5, 5.41) is 2.93. The second-order valence-electron chi connectivity index (χ2n) is 6.99. The summed E-state index contributed by atoms with van der Waals surface area (Å²) in [6.07, 6.45) is 0.215. The Labute approximate surface area is 174 Å². The Hall–Kier alpha value is -3.80. The molecule has 30 heavy (non-hydrogen) atoms. The van der Waals surface area contributed by atoms with E-state index in [9.17, 15) is 4.79 Å². The topological polar surface area (TPSA) is 73.6 Å². The van der Waals surface area contributed by atoms with Gasteiger partial charge in [0.15, 0.2) is 17.1 Å². The number of anilines is 1. The van der Waals surface area contributed by atoms with E-state index in [0.29, 0.717) is 23.1 Å². The Morgan fingerprint density at radius 1 is 1.00 bits per heavy atom. The van der Waals surface area contributed by atoms with E-state index in [2.05, 4.69) is 10.3 Å². The van der Waals surface area contributed by atoms with Gasteiger partial charge in [-0.15, -0.1) is 0 Å². The molecule has 0 saturated heterocycles. The van der Waals surface area contributed by atoms with Crippen LogP contribution in [0.1, 0.15) is 11.1 Å². The standard InChI is InChI=1S/C24H22N2O4/c1-15-7-9-19-21(11-15)30-24(26-19)17-5-4-6-18(14-17)25-23(27)13-16-8-10-20(28-2)22(12-16)29-3/h4-12,14H,13H2,1-3H3,(H,25,27). The zero-order valence-corrected chi connectivity index (χ0v) is 17.1. The summed E-state index contributed by atoms with van der Waals surface area (Å²) in [7, 11) is 3.15. The van der Waals surface area contributed by atoms with Crippen molar-refractivity contribution in [3.8, 4) is 23.0 Å². The number of hydrogen-bond donors (Lipinski definition) is 1. The van der Waals surface area contributed by atoms with Gasteiger partial charge in [-0.3, -0.25) is 4.79 Å². The third kappa shape index (κ3) is 4.12. The van der Waals surface area contributed by atoms with Gasteiger partial charge in [0.25, 0.3) is 0 Å². The van der Waals surface area contributed by atoms with Crippen molar-refractivity contribution in [2.24, 2.45) is 0 Å². The maximum absolute atomic E-state index is 12.5. The summed E-state index contributed by atoms with van der Waals surface area (Å²) >= 11 is 0. The molecule has 0 saturated carbocycles. The third-order valence-electron chi connectivity index (χ3n) is 4.75. The van der Waals surface area contributed by atoms with Crippen LogP contribution in [0.5, 0.6) is 11.5 Å². The Bertz CT molecular complexity index is 1210. The highest BCUT2D eigenvalue weighted by molar-refractivity contribution is 5.93. The number of methoxy groups -OCH3 is 2.